The second-order valence-electron chi connectivity index (χ2n) is 6.80. The number of aromatic nitrogens is 2. The van der Waals surface area contributed by atoms with Crippen molar-refractivity contribution in [2.45, 2.75) is 0 Å². The molecule has 0 saturated carbocycles. The number of likely N-dealkylation sites (N-methyl/N-ethyl adjacent to an activating group) is 1. The lowest BCUT2D eigenvalue weighted by Gasteiger charge is -2.31. The first-order valence-electron chi connectivity index (χ1n) is 10.6. The van der Waals surface area contributed by atoms with Crippen LogP contribution in [0.15, 0.2) is 54.7 Å². The molecule has 0 radical (unpaired) electrons. The lowest BCUT2D eigenvalue weighted by molar-refractivity contribution is -0.127. The Balaban J connectivity index is 1.84. The van der Waals surface area contributed by atoms with Crippen LogP contribution in [0.25, 0.3) is 28.4 Å². The van der Waals surface area contributed by atoms with Crippen molar-refractivity contribution < 1.29 is 8.91 Å². The number of pyridine rings is 1. The Labute approximate surface area is 163 Å². The fourth-order valence-electron chi connectivity index (χ4n) is 3.48. The van der Waals surface area contributed by atoms with Crippen molar-refractivity contribution in [2.75, 3.05) is 33.2 Å². The van der Waals surface area contributed by atoms with Crippen LogP contribution in [0.4, 0.5) is 0 Å². The molecule has 0 bridgehead atoms. The summed E-state index contributed by atoms with van der Waals surface area (Å²) in [7, 11) is 2.04. The van der Waals surface area contributed by atoms with Gasteiger partial charge in [-0.2, -0.15) is 0 Å². The summed E-state index contributed by atoms with van der Waals surface area (Å²) in [5.74, 6) is -0.0687. The number of hydrogen-bond acceptors (Lipinski definition) is 3. The Morgan fingerprint density at radius 3 is 2.63 bits per heavy atom. The standard InChI is InChI=1S/C22H24N4O/c1-24-13-15-26(16-14-24)20(27)11-10-18-19-9-6-12-23-22(19)25(2)21(18)17-7-4-3-5-8-17/h3-12H,13-16H2,1-2H3/b11-10+/i2D3. The monoisotopic (exact) mass is 363 g/mol. The zero-order valence-corrected chi connectivity index (χ0v) is 15.3. The Bertz CT molecular complexity index is 1080. The minimum atomic E-state index is -2.41. The molecule has 0 N–H and O–H groups in total. The number of benzene rings is 1. The zero-order valence-electron chi connectivity index (χ0n) is 18.3. The van der Waals surface area contributed by atoms with Crippen molar-refractivity contribution in [2.24, 2.45) is 6.98 Å². The molecule has 1 aliphatic rings. The van der Waals surface area contributed by atoms with E-state index >= 15 is 0 Å². The molecule has 1 saturated heterocycles. The number of carbonyl (C=O) groups is 1. The van der Waals surface area contributed by atoms with Crippen LogP contribution in [-0.4, -0.2) is 58.5 Å². The zero-order chi connectivity index (χ0) is 21.3. The van der Waals surface area contributed by atoms with E-state index in [0.29, 0.717) is 35.4 Å². The average Bonchev–Trinajstić information content (AvgIpc) is 3.08. The van der Waals surface area contributed by atoms with Gasteiger partial charge in [-0.3, -0.25) is 4.79 Å². The maximum Gasteiger partial charge on any atom is 0.246 e. The SMILES string of the molecule is [2H]C([2H])([2H])n1c(-c2ccccc2)c(/C=C/C(=O)N2CCN(C)CC2)c2cccnc21. The van der Waals surface area contributed by atoms with Gasteiger partial charge in [0.2, 0.25) is 5.91 Å². The fourth-order valence-corrected chi connectivity index (χ4v) is 3.48. The molecule has 5 heteroatoms. The van der Waals surface area contributed by atoms with Crippen LogP contribution < -0.4 is 0 Å². The Morgan fingerprint density at radius 2 is 1.89 bits per heavy atom. The van der Waals surface area contributed by atoms with Crippen molar-refractivity contribution >= 4 is 23.0 Å². The lowest BCUT2D eigenvalue weighted by Crippen LogP contribution is -2.46. The number of piperazine rings is 1. The summed E-state index contributed by atoms with van der Waals surface area (Å²) in [6, 6.07) is 13.0. The predicted molar refractivity (Wildman–Crippen MR) is 109 cm³/mol. The molecule has 2 aromatic heterocycles. The smallest absolute Gasteiger partial charge is 0.246 e. The maximum absolute atomic E-state index is 12.8. The number of rotatable bonds is 3. The molecule has 1 fully saturated rings. The van der Waals surface area contributed by atoms with Gasteiger partial charge >= 0.3 is 0 Å². The van der Waals surface area contributed by atoms with Gasteiger partial charge in [0.1, 0.15) is 5.65 Å². The van der Waals surface area contributed by atoms with Crippen LogP contribution in [-0.2, 0) is 11.8 Å². The first-order valence-corrected chi connectivity index (χ1v) is 9.07. The van der Waals surface area contributed by atoms with E-state index in [1.165, 1.54) is 4.57 Å². The van der Waals surface area contributed by atoms with Crippen molar-refractivity contribution in [1.29, 1.82) is 0 Å². The van der Waals surface area contributed by atoms with E-state index in [1.807, 2.05) is 48.3 Å². The van der Waals surface area contributed by atoms with Crippen LogP contribution in [0.3, 0.4) is 0 Å². The second kappa shape index (κ2) is 7.37. The van der Waals surface area contributed by atoms with Crippen LogP contribution >= 0.6 is 0 Å². The third kappa shape index (κ3) is 3.38. The number of nitrogens with zero attached hydrogens (tertiary/aromatic N) is 4. The van der Waals surface area contributed by atoms with E-state index in [9.17, 15) is 4.79 Å². The molecule has 0 aliphatic carbocycles. The van der Waals surface area contributed by atoms with Crippen LogP contribution in [0, 0.1) is 0 Å². The van der Waals surface area contributed by atoms with Gasteiger partial charge in [-0.25, -0.2) is 4.98 Å². The van der Waals surface area contributed by atoms with E-state index in [0.717, 1.165) is 18.7 Å². The van der Waals surface area contributed by atoms with Crippen LogP contribution in [0.2, 0.25) is 0 Å². The molecule has 0 unspecified atom stereocenters. The maximum atomic E-state index is 12.8. The molecular weight excluding hydrogens is 336 g/mol. The topological polar surface area (TPSA) is 41.4 Å². The third-order valence-corrected chi connectivity index (χ3v) is 5.02. The molecule has 5 nitrogen and oxygen atoms in total. The molecule has 4 rings (SSSR count). The summed E-state index contributed by atoms with van der Waals surface area (Å²) in [5.41, 5.74) is 2.36. The number of hydrogen-bond donors (Lipinski definition) is 0. The minimum absolute atomic E-state index is 0.0687. The number of fused-ring (bicyclic) bond motifs is 1. The molecule has 1 aliphatic heterocycles. The van der Waals surface area contributed by atoms with Gasteiger partial charge in [0.25, 0.3) is 0 Å². The van der Waals surface area contributed by atoms with Gasteiger partial charge < -0.3 is 14.4 Å². The first kappa shape index (κ1) is 14.2. The highest BCUT2D eigenvalue weighted by Crippen LogP contribution is 2.33. The van der Waals surface area contributed by atoms with E-state index < -0.39 is 6.98 Å². The summed E-state index contributed by atoms with van der Waals surface area (Å²) >= 11 is 0. The lowest BCUT2D eigenvalue weighted by atomic mass is 10.1. The quantitative estimate of drug-likeness (QED) is 0.672. The van der Waals surface area contributed by atoms with Gasteiger partial charge in [-0.15, -0.1) is 0 Å². The molecule has 3 aromatic rings. The summed E-state index contributed by atoms with van der Waals surface area (Å²) in [6.07, 6.45) is 4.86. The fraction of sp³-hybridized carbons (Fsp3) is 0.273. The Hall–Kier alpha value is -2.92. The summed E-state index contributed by atoms with van der Waals surface area (Å²) < 4.78 is 25.6. The molecule has 27 heavy (non-hydrogen) atoms. The molecule has 138 valence electrons. The Kier molecular flexibility index (Phi) is 3.87. The average molecular weight is 363 g/mol. The van der Waals surface area contributed by atoms with Gasteiger partial charge in [0.15, 0.2) is 0 Å². The third-order valence-electron chi connectivity index (χ3n) is 5.02. The van der Waals surface area contributed by atoms with Crippen LogP contribution in [0.1, 0.15) is 9.68 Å². The van der Waals surface area contributed by atoms with E-state index in [-0.39, 0.29) is 5.91 Å². The molecule has 1 amide bonds. The van der Waals surface area contributed by atoms with Gasteiger partial charge in [-0.05, 0) is 30.8 Å². The predicted octanol–water partition coefficient (Wildman–Crippen LogP) is 3.03. The van der Waals surface area contributed by atoms with E-state index in [4.69, 9.17) is 4.11 Å². The summed E-state index contributed by atoms with van der Waals surface area (Å²) in [4.78, 5) is 21.1. The van der Waals surface area contributed by atoms with Crippen molar-refractivity contribution in [3.8, 4) is 11.3 Å². The van der Waals surface area contributed by atoms with Gasteiger partial charge in [0.05, 0.1) is 5.69 Å². The molecule has 0 atom stereocenters. The molecule has 3 heterocycles. The Morgan fingerprint density at radius 1 is 1.11 bits per heavy atom. The van der Waals surface area contributed by atoms with Crippen molar-refractivity contribution in [3.63, 3.8) is 0 Å². The van der Waals surface area contributed by atoms with Crippen LogP contribution in [0.5, 0.6) is 0 Å². The normalized spacial score (nSPS) is 17.8. The van der Waals surface area contributed by atoms with Gasteiger partial charge in [0, 0.05) is 60.5 Å². The molecule has 0 spiro atoms. The van der Waals surface area contributed by atoms with Crippen molar-refractivity contribution in [3.05, 3.63) is 60.3 Å². The summed E-state index contributed by atoms with van der Waals surface area (Å²) in [6.45, 7) is 0.646. The number of aryl methyl sites for hydroxylation is 1. The minimum Gasteiger partial charge on any atom is -0.337 e. The molecular formula is C22H24N4O. The number of carbonyl (C=O) groups excluding carboxylic acids is 1. The summed E-state index contributed by atoms with van der Waals surface area (Å²) in [5, 5.41) is 0.704. The van der Waals surface area contributed by atoms with Crippen molar-refractivity contribution in [1.82, 2.24) is 19.4 Å². The van der Waals surface area contributed by atoms with E-state index in [2.05, 4.69) is 9.88 Å². The molecule has 1 aromatic carbocycles. The highest BCUT2D eigenvalue weighted by atomic mass is 16.2. The van der Waals surface area contributed by atoms with E-state index in [1.54, 1.807) is 24.4 Å². The first-order chi connectivity index (χ1) is 14.4. The highest BCUT2D eigenvalue weighted by molar-refractivity contribution is 6.00. The number of amides is 1. The highest BCUT2D eigenvalue weighted by Gasteiger charge is 2.19. The largest absolute Gasteiger partial charge is 0.337 e. The second-order valence-corrected chi connectivity index (χ2v) is 6.80. The van der Waals surface area contributed by atoms with Gasteiger partial charge in [-0.1, -0.05) is 30.3 Å².